The summed E-state index contributed by atoms with van der Waals surface area (Å²) in [5.41, 5.74) is 16.5. The van der Waals surface area contributed by atoms with Crippen LogP contribution in [0.4, 0.5) is 0 Å². The van der Waals surface area contributed by atoms with Crippen LogP contribution in [-0.2, 0) is 9.47 Å². The van der Waals surface area contributed by atoms with E-state index in [1.807, 2.05) is 0 Å². The van der Waals surface area contributed by atoms with Gasteiger partial charge in [0.15, 0.2) is 0 Å². The van der Waals surface area contributed by atoms with Gasteiger partial charge in [-0.3, -0.25) is 0 Å². The Bertz CT molecular complexity index is 372. The molecular weight excluding hydrogens is 308 g/mol. The van der Waals surface area contributed by atoms with Gasteiger partial charge in [0.1, 0.15) is 0 Å². The first-order valence-corrected chi connectivity index (χ1v) is 8.83. The SMILES string of the molecule is CCCCCCCCCCOCC(CN=[N+]=[N-])(CN=[N+]=[N-])COC. The molecule has 0 atom stereocenters. The van der Waals surface area contributed by atoms with Gasteiger partial charge in [-0.15, -0.1) is 0 Å². The lowest BCUT2D eigenvalue weighted by atomic mass is 9.90. The molecule has 24 heavy (non-hydrogen) atoms. The Morgan fingerprint density at radius 3 is 1.88 bits per heavy atom. The van der Waals surface area contributed by atoms with Crippen LogP contribution in [0.3, 0.4) is 0 Å². The van der Waals surface area contributed by atoms with E-state index in [1.165, 1.54) is 38.5 Å². The normalized spacial score (nSPS) is 12.9. The first-order chi connectivity index (χ1) is 11.7. The highest BCUT2D eigenvalue weighted by Gasteiger charge is 2.29. The van der Waals surface area contributed by atoms with Gasteiger partial charge < -0.3 is 9.47 Å². The molecule has 0 spiro atoms. The second-order valence-electron chi connectivity index (χ2n) is 6.24. The van der Waals surface area contributed by atoms with E-state index in [4.69, 9.17) is 20.5 Å². The first-order valence-electron chi connectivity index (χ1n) is 8.83. The molecule has 0 fully saturated rings. The molecule has 0 saturated heterocycles. The maximum Gasteiger partial charge on any atom is 0.0547 e. The molecule has 0 N–H and O–H groups in total. The molecule has 8 nitrogen and oxygen atoms in total. The van der Waals surface area contributed by atoms with E-state index in [1.54, 1.807) is 7.11 Å². The van der Waals surface area contributed by atoms with E-state index in [2.05, 4.69) is 27.0 Å². The standard InChI is InChI=1S/C16H32N6O2/c1-3-4-5-6-7-8-9-10-11-24-15-16(14-23-2,12-19-21-17)13-20-22-18/h3-15H2,1-2H3. The fourth-order valence-electron chi connectivity index (χ4n) is 2.57. The molecule has 0 aromatic heterocycles. The predicted octanol–water partition coefficient (Wildman–Crippen LogP) is 5.40. The van der Waals surface area contributed by atoms with E-state index in [-0.39, 0.29) is 13.1 Å². The Hall–Kier alpha value is -1.46. The third-order valence-electron chi connectivity index (χ3n) is 3.94. The molecule has 0 aliphatic carbocycles. The summed E-state index contributed by atoms with van der Waals surface area (Å²) in [5, 5.41) is 7.23. The maximum atomic E-state index is 8.54. The quantitative estimate of drug-likeness (QED) is 0.153. The van der Waals surface area contributed by atoms with Crippen molar-refractivity contribution in [1.82, 2.24) is 0 Å². The fourth-order valence-corrected chi connectivity index (χ4v) is 2.57. The van der Waals surface area contributed by atoms with Crippen LogP contribution in [0.15, 0.2) is 10.2 Å². The smallest absolute Gasteiger partial charge is 0.0547 e. The average Bonchev–Trinajstić information content (AvgIpc) is 2.60. The molecule has 0 aromatic rings. The summed E-state index contributed by atoms with van der Waals surface area (Å²) in [5.74, 6) is 0. The zero-order valence-corrected chi connectivity index (χ0v) is 15.2. The highest BCUT2D eigenvalue weighted by molar-refractivity contribution is 4.84. The maximum absolute atomic E-state index is 8.54. The number of hydrogen-bond acceptors (Lipinski definition) is 4. The van der Waals surface area contributed by atoms with Crippen LogP contribution < -0.4 is 0 Å². The lowest BCUT2D eigenvalue weighted by Crippen LogP contribution is -2.38. The first kappa shape index (κ1) is 22.5. The van der Waals surface area contributed by atoms with Crippen LogP contribution in [0.2, 0.25) is 0 Å². The zero-order valence-electron chi connectivity index (χ0n) is 15.2. The number of unbranched alkanes of at least 4 members (excludes halogenated alkanes) is 7. The van der Waals surface area contributed by atoms with Crippen LogP contribution >= 0.6 is 0 Å². The summed E-state index contributed by atoms with van der Waals surface area (Å²) in [4.78, 5) is 5.58. The van der Waals surface area contributed by atoms with Crippen LogP contribution in [-0.4, -0.2) is 40.0 Å². The Morgan fingerprint density at radius 1 is 0.833 bits per heavy atom. The van der Waals surface area contributed by atoms with Crippen LogP contribution in [0.1, 0.15) is 58.3 Å². The Labute approximate surface area is 145 Å². The molecule has 8 heteroatoms. The second kappa shape index (κ2) is 16.4. The third-order valence-corrected chi connectivity index (χ3v) is 3.94. The van der Waals surface area contributed by atoms with Gasteiger partial charge in [-0.2, -0.15) is 0 Å². The van der Waals surface area contributed by atoms with Crippen molar-refractivity contribution in [2.45, 2.75) is 58.3 Å². The number of methoxy groups -OCH3 is 1. The van der Waals surface area contributed by atoms with E-state index in [9.17, 15) is 0 Å². The molecule has 0 aliphatic rings. The highest BCUT2D eigenvalue weighted by Crippen LogP contribution is 2.21. The van der Waals surface area contributed by atoms with Crippen molar-refractivity contribution in [2.24, 2.45) is 15.6 Å². The zero-order chi connectivity index (χ0) is 17.9. The molecule has 0 aromatic carbocycles. The minimum Gasteiger partial charge on any atom is -0.384 e. The van der Waals surface area contributed by atoms with E-state index < -0.39 is 5.41 Å². The van der Waals surface area contributed by atoms with Crippen molar-refractivity contribution < 1.29 is 9.47 Å². The molecule has 138 valence electrons. The van der Waals surface area contributed by atoms with Crippen LogP contribution in [0.5, 0.6) is 0 Å². The number of ether oxygens (including phenoxy) is 2. The van der Waals surface area contributed by atoms with Crippen molar-refractivity contribution in [3.8, 4) is 0 Å². The number of rotatable bonds is 17. The molecule has 0 bridgehead atoms. The Morgan fingerprint density at radius 2 is 1.38 bits per heavy atom. The Kier molecular flexibility index (Phi) is 15.4. The average molecular weight is 340 g/mol. The van der Waals surface area contributed by atoms with Crippen molar-refractivity contribution in [3.05, 3.63) is 20.9 Å². The third kappa shape index (κ3) is 12.0. The summed E-state index contributed by atoms with van der Waals surface area (Å²) < 4.78 is 10.9. The number of nitrogens with zero attached hydrogens (tertiary/aromatic N) is 6. The lowest BCUT2D eigenvalue weighted by molar-refractivity contribution is 0.000857. The fraction of sp³-hybridized carbons (Fsp3) is 1.00. The van der Waals surface area contributed by atoms with Crippen molar-refractivity contribution >= 4 is 0 Å². The van der Waals surface area contributed by atoms with Crippen LogP contribution in [0, 0.1) is 5.41 Å². The van der Waals surface area contributed by atoms with Gasteiger partial charge in [-0.05, 0) is 17.5 Å². The predicted molar refractivity (Wildman–Crippen MR) is 95.8 cm³/mol. The minimum absolute atomic E-state index is 0.188. The van der Waals surface area contributed by atoms with E-state index in [0.717, 1.165) is 12.8 Å². The summed E-state index contributed by atoms with van der Waals surface area (Å²) in [6, 6.07) is 0. The van der Waals surface area contributed by atoms with Gasteiger partial charge in [0.25, 0.3) is 0 Å². The van der Waals surface area contributed by atoms with Crippen molar-refractivity contribution in [3.63, 3.8) is 0 Å². The topological polar surface area (TPSA) is 116 Å². The van der Waals surface area contributed by atoms with Gasteiger partial charge in [-0.25, -0.2) is 0 Å². The van der Waals surface area contributed by atoms with Gasteiger partial charge in [0, 0.05) is 42.0 Å². The largest absolute Gasteiger partial charge is 0.384 e. The second-order valence-corrected chi connectivity index (χ2v) is 6.24. The van der Waals surface area contributed by atoms with Gasteiger partial charge in [-0.1, -0.05) is 62.1 Å². The molecule has 0 aliphatic heterocycles. The number of azide groups is 2. The Balaban J connectivity index is 4.03. The number of hydrogen-bond donors (Lipinski definition) is 0. The van der Waals surface area contributed by atoms with Gasteiger partial charge in [0.05, 0.1) is 13.2 Å². The van der Waals surface area contributed by atoms with E-state index >= 15 is 0 Å². The molecule has 0 saturated carbocycles. The minimum atomic E-state index is -0.590. The summed E-state index contributed by atoms with van der Waals surface area (Å²) in [6.07, 6.45) is 9.99. The summed E-state index contributed by atoms with van der Waals surface area (Å²) in [7, 11) is 1.57. The highest BCUT2D eigenvalue weighted by atomic mass is 16.5. The summed E-state index contributed by atoms with van der Waals surface area (Å²) in [6.45, 7) is 3.94. The van der Waals surface area contributed by atoms with Gasteiger partial charge >= 0.3 is 0 Å². The molecule has 0 amide bonds. The lowest BCUT2D eigenvalue weighted by Gasteiger charge is -2.29. The van der Waals surface area contributed by atoms with Gasteiger partial charge in [0.2, 0.25) is 0 Å². The summed E-state index contributed by atoms with van der Waals surface area (Å²) >= 11 is 0. The molecular formula is C16H32N6O2. The molecule has 0 rings (SSSR count). The molecule has 0 radical (unpaired) electrons. The van der Waals surface area contributed by atoms with Crippen molar-refractivity contribution in [2.75, 3.05) is 40.0 Å². The monoisotopic (exact) mass is 340 g/mol. The molecule has 0 heterocycles. The van der Waals surface area contributed by atoms with E-state index in [0.29, 0.717) is 19.8 Å². The van der Waals surface area contributed by atoms with Crippen LogP contribution in [0.25, 0.3) is 20.9 Å². The van der Waals surface area contributed by atoms with Crippen molar-refractivity contribution in [1.29, 1.82) is 0 Å². The molecule has 0 unspecified atom stereocenters.